The highest BCUT2D eigenvalue weighted by molar-refractivity contribution is 7.22. The van der Waals surface area contributed by atoms with Gasteiger partial charge < -0.3 is 16.4 Å². The average Bonchev–Trinajstić information content (AvgIpc) is 3.28. The predicted octanol–water partition coefficient (Wildman–Crippen LogP) is 4.73. The summed E-state index contributed by atoms with van der Waals surface area (Å²) < 4.78 is 14.3. The van der Waals surface area contributed by atoms with Gasteiger partial charge in [0, 0.05) is 36.1 Å². The molecule has 1 atom stereocenters. The van der Waals surface area contributed by atoms with Crippen LogP contribution in [0.5, 0.6) is 0 Å². The Labute approximate surface area is 218 Å². The summed E-state index contributed by atoms with van der Waals surface area (Å²) in [6.07, 6.45) is 3.30. The molecule has 0 aliphatic carbocycles. The van der Waals surface area contributed by atoms with Gasteiger partial charge in [-0.2, -0.15) is 0 Å². The number of thiophene rings is 1. The molecule has 1 unspecified atom stereocenters. The number of nitrogens with one attached hydrogen (secondary N) is 2. The number of nitrogens with two attached hydrogens (primary N) is 1. The van der Waals surface area contributed by atoms with E-state index in [2.05, 4.69) is 29.5 Å². The summed E-state index contributed by atoms with van der Waals surface area (Å²) in [5, 5.41) is 7.14. The normalized spacial score (nSPS) is 15.1. The van der Waals surface area contributed by atoms with E-state index in [9.17, 15) is 14.0 Å². The minimum Gasteiger partial charge on any atom is -0.372 e. The van der Waals surface area contributed by atoms with E-state index in [1.807, 2.05) is 12.1 Å². The predicted molar refractivity (Wildman–Crippen MR) is 145 cm³/mol. The number of aromatic nitrogens is 2. The molecular formula is C28H28FN5O2S. The quantitative estimate of drug-likeness (QED) is 0.328. The number of amides is 2. The van der Waals surface area contributed by atoms with E-state index in [4.69, 9.17) is 10.7 Å². The lowest BCUT2D eigenvalue weighted by Crippen LogP contribution is -2.44. The molecule has 0 spiro atoms. The number of hydrogen-bond acceptors (Lipinski definition) is 6. The van der Waals surface area contributed by atoms with Crippen molar-refractivity contribution in [1.29, 1.82) is 0 Å². The van der Waals surface area contributed by atoms with Gasteiger partial charge in [-0.3, -0.25) is 14.6 Å². The number of halogens is 1. The molecule has 0 fully saturated rings. The third-order valence-electron chi connectivity index (χ3n) is 6.51. The zero-order chi connectivity index (χ0) is 26.3. The van der Waals surface area contributed by atoms with Gasteiger partial charge in [0.15, 0.2) is 0 Å². The first-order valence-corrected chi connectivity index (χ1v) is 13.0. The number of fused-ring (bicyclic) bond motifs is 2. The monoisotopic (exact) mass is 517 g/mol. The molecule has 2 amide bonds. The third-order valence-corrected chi connectivity index (χ3v) is 7.68. The van der Waals surface area contributed by atoms with Crippen molar-refractivity contribution in [2.24, 2.45) is 11.7 Å². The van der Waals surface area contributed by atoms with E-state index in [0.29, 0.717) is 47.3 Å². The average molecular weight is 518 g/mol. The molecule has 1 aromatic carbocycles. The molecule has 37 heavy (non-hydrogen) atoms. The molecule has 9 heteroatoms. The number of primary amides is 1. The van der Waals surface area contributed by atoms with Crippen LogP contribution in [0, 0.1) is 11.7 Å². The highest BCUT2D eigenvalue weighted by Gasteiger charge is 2.34. The Morgan fingerprint density at radius 2 is 2.00 bits per heavy atom. The first kappa shape index (κ1) is 24.8. The SMILES string of the molecule is CNc1nccc2cc(-c3c(C(N)=O)c(CC(C)C)nc4c3C(=O)NC(Cc3ccc(F)cc3)C4)sc12. The van der Waals surface area contributed by atoms with Crippen LogP contribution in [0.2, 0.25) is 0 Å². The zero-order valence-electron chi connectivity index (χ0n) is 20.9. The standard InChI is InChI=1S/C28H28FN5O2S/c1-14(2)10-19-22(26(30)35)24(21-12-16-8-9-32-27(31-3)25(16)37-21)23-20(34-19)13-18(33-28(23)36)11-15-4-6-17(29)7-5-15/h4-9,12,14,18H,10-11,13H2,1-3H3,(H2,30,35)(H,31,32)(H,33,36). The Kier molecular flexibility index (Phi) is 6.64. The van der Waals surface area contributed by atoms with Crippen LogP contribution in [0.25, 0.3) is 20.5 Å². The van der Waals surface area contributed by atoms with E-state index in [1.54, 1.807) is 25.4 Å². The van der Waals surface area contributed by atoms with Crippen molar-refractivity contribution < 1.29 is 14.0 Å². The number of carbonyl (C=O) groups is 2. The van der Waals surface area contributed by atoms with E-state index in [-0.39, 0.29) is 23.7 Å². The van der Waals surface area contributed by atoms with E-state index >= 15 is 0 Å². The fourth-order valence-corrected chi connectivity index (χ4v) is 6.17. The number of pyridine rings is 2. The molecule has 0 saturated carbocycles. The van der Waals surface area contributed by atoms with Crippen LogP contribution in [0.1, 0.15) is 51.5 Å². The zero-order valence-corrected chi connectivity index (χ0v) is 21.7. The molecule has 0 radical (unpaired) electrons. The van der Waals surface area contributed by atoms with Crippen molar-refractivity contribution in [3.05, 3.63) is 76.5 Å². The first-order valence-electron chi connectivity index (χ1n) is 12.2. The van der Waals surface area contributed by atoms with Crippen molar-refractivity contribution in [2.45, 2.75) is 39.2 Å². The molecule has 0 saturated heterocycles. The summed E-state index contributed by atoms with van der Waals surface area (Å²) in [6.45, 7) is 4.11. The van der Waals surface area contributed by atoms with E-state index in [1.165, 1.54) is 23.5 Å². The summed E-state index contributed by atoms with van der Waals surface area (Å²) in [4.78, 5) is 36.5. The lowest BCUT2D eigenvalue weighted by molar-refractivity contribution is 0.0924. The van der Waals surface area contributed by atoms with Gasteiger partial charge in [-0.05, 0) is 54.0 Å². The van der Waals surface area contributed by atoms with Crippen molar-refractivity contribution in [1.82, 2.24) is 15.3 Å². The number of anilines is 1. The van der Waals surface area contributed by atoms with Crippen LogP contribution in [-0.2, 0) is 19.3 Å². The second-order valence-corrected chi connectivity index (χ2v) is 10.8. The van der Waals surface area contributed by atoms with Gasteiger partial charge in [0.05, 0.1) is 27.2 Å². The fourth-order valence-electron chi connectivity index (χ4n) is 4.96. The van der Waals surface area contributed by atoms with Crippen LogP contribution in [-0.4, -0.2) is 34.9 Å². The van der Waals surface area contributed by atoms with Gasteiger partial charge in [0.1, 0.15) is 11.6 Å². The van der Waals surface area contributed by atoms with Gasteiger partial charge in [0.25, 0.3) is 11.8 Å². The highest BCUT2D eigenvalue weighted by atomic mass is 32.1. The van der Waals surface area contributed by atoms with Crippen LogP contribution >= 0.6 is 11.3 Å². The molecule has 190 valence electrons. The molecule has 3 aromatic heterocycles. The molecular weight excluding hydrogens is 489 g/mol. The summed E-state index contributed by atoms with van der Waals surface area (Å²) in [5.41, 5.74) is 9.34. The summed E-state index contributed by atoms with van der Waals surface area (Å²) in [7, 11) is 1.81. The second-order valence-electron chi connectivity index (χ2n) is 9.74. The Morgan fingerprint density at radius 3 is 2.68 bits per heavy atom. The Balaban J connectivity index is 1.68. The molecule has 4 aromatic rings. The van der Waals surface area contributed by atoms with Crippen LogP contribution in [0.4, 0.5) is 10.2 Å². The molecule has 4 N–H and O–H groups in total. The summed E-state index contributed by atoms with van der Waals surface area (Å²) >= 11 is 1.46. The summed E-state index contributed by atoms with van der Waals surface area (Å²) in [6, 6.07) is 9.95. The smallest absolute Gasteiger partial charge is 0.254 e. The lowest BCUT2D eigenvalue weighted by Gasteiger charge is -2.28. The Bertz CT molecular complexity index is 1510. The molecule has 1 aliphatic heterocycles. The maximum Gasteiger partial charge on any atom is 0.254 e. The Morgan fingerprint density at radius 1 is 1.24 bits per heavy atom. The molecule has 1 aliphatic rings. The molecule has 4 heterocycles. The van der Waals surface area contributed by atoms with Crippen LogP contribution in [0.3, 0.4) is 0 Å². The van der Waals surface area contributed by atoms with Crippen molar-refractivity contribution in [3.8, 4) is 10.4 Å². The second kappa shape index (κ2) is 9.89. The minimum absolute atomic E-state index is 0.209. The minimum atomic E-state index is -0.605. The van der Waals surface area contributed by atoms with E-state index < -0.39 is 5.91 Å². The summed E-state index contributed by atoms with van der Waals surface area (Å²) in [5.74, 6) is -0.245. The van der Waals surface area contributed by atoms with Crippen molar-refractivity contribution in [2.75, 3.05) is 12.4 Å². The number of rotatable bonds is 7. The van der Waals surface area contributed by atoms with Gasteiger partial charge in [-0.1, -0.05) is 26.0 Å². The largest absolute Gasteiger partial charge is 0.372 e. The van der Waals surface area contributed by atoms with Crippen molar-refractivity contribution in [3.63, 3.8) is 0 Å². The van der Waals surface area contributed by atoms with Crippen LogP contribution < -0.4 is 16.4 Å². The van der Waals surface area contributed by atoms with Gasteiger partial charge >= 0.3 is 0 Å². The van der Waals surface area contributed by atoms with E-state index in [0.717, 1.165) is 26.3 Å². The van der Waals surface area contributed by atoms with Gasteiger partial charge in [0.2, 0.25) is 0 Å². The first-order chi connectivity index (χ1) is 17.7. The molecule has 5 rings (SSSR count). The van der Waals surface area contributed by atoms with Gasteiger partial charge in [-0.15, -0.1) is 11.3 Å². The topological polar surface area (TPSA) is 110 Å². The maximum atomic E-state index is 13.6. The lowest BCUT2D eigenvalue weighted by atomic mass is 9.87. The Hall–Kier alpha value is -3.85. The maximum absolute atomic E-state index is 13.6. The number of benzene rings is 1. The molecule has 7 nitrogen and oxygen atoms in total. The third kappa shape index (κ3) is 4.79. The number of carbonyl (C=O) groups excluding carboxylic acids is 2. The molecule has 0 bridgehead atoms. The van der Waals surface area contributed by atoms with Gasteiger partial charge in [-0.25, -0.2) is 9.37 Å². The number of nitrogens with zero attached hydrogens (tertiary/aromatic N) is 2. The number of hydrogen-bond donors (Lipinski definition) is 3. The van der Waals surface area contributed by atoms with Crippen LogP contribution in [0.15, 0.2) is 42.6 Å². The fraction of sp³-hybridized carbons (Fsp3) is 0.286. The van der Waals surface area contributed by atoms with Crippen molar-refractivity contribution >= 4 is 39.1 Å². The highest BCUT2D eigenvalue weighted by Crippen LogP contribution is 2.42.